The fourth-order valence-corrected chi connectivity index (χ4v) is 2.58. The van der Waals surface area contributed by atoms with Crippen molar-refractivity contribution in [2.24, 2.45) is 10.7 Å². The van der Waals surface area contributed by atoms with Gasteiger partial charge in [0.2, 0.25) is 0 Å². The molecule has 100 valence electrons. The first-order valence-electron chi connectivity index (χ1n) is 6.35. The summed E-state index contributed by atoms with van der Waals surface area (Å²) in [6, 6.07) is 0. The summed E-state index contributed by atoms with van der Waals surface area (Å²) in [6.07, 6.45) is 1.87. The van der Waals surface area contributed by atoms with Crippen LogP contribution in [0.4, 0.5) is 0 Å². The van der Waals surface area contributed by atoms with Gasteiger partial charge in [-0.15, -0.1) is 11.3 Å². The smallest absolute Gasteiger partial charge is 0.191 e. The summed E-state index contributed by atoms with van der Waals surface area (Å²) in [5, 5.41) is 3.30. The first-order chi connectivity index (χ1) is 8.79. The highest BCUT2D eigenvalue weighted by molar-refractivity contribution is 7.09. The second kappa shape index (κ2) is 6.70. The van der Waals surface area contributed by atoms with Crippen molar-refractivity contribution in [3.63, 3.8) is 0 Å². The maximum Gasteiger partial charge on any atom is 0.191 e. The van der Waals surface area contributed by atoms with Gasteiger partial charge in [-0.25, -0.2) is 4.98 Å². The van der Waals surface area contributed by atoms with Crippen LogP contribution in [0.2, 0.25) is 0 Å². The van der Waals surface area contributed by atoms with Gasteiger partial charge in [-0.3, -0.25) is 4.99 Å². The average molecular weight is 268 g/mol. The second-order valence-electron chi connectivity index (χ2n) is 4.18. The Bertz CT molecular complexity index is 399. The molecule has 2 N–H and O–H groups in total. The zero-order valence-corrected chi connectivity index (χ0v) is 11.6. The average Bonchev–Trinajstić information content (AvgIpc) is 2.87. The fraction of sp³-hybridized carbons (Fsp3) is 0.667. The van der Waals surface area contributed by atoms with Crippen LogP contribution in [-0.2, 0) is 17.6 Å². The molecule has 0 bridgehead atoms. The molecule has 1 aromatic heterocycles. The standard InChI is InChI=1S/C12H20N4OS/c1-2-11-15-10(9-18-11)3-4-14-12(13)16-5-7-17-8-6-16/h9H,2-8H2,1H3,(H2,13,14). The minimum absolute atomic E-state index is 0.629. The predicted molar refractivity (Wildman–Crippen MR) is 74.1 cm³/mol. The van der Waals surface area contributed by atoms with E-state index in [0.29, 0.717) is 12.5 Å². The zero-order chi connectivity index (χ0) is 12.8. The van der Waals surface area contributed by atoms with Crippen LogP contribution in [-0.4, -0.2) is 48.7 Å². The lowest BCUT2D eigenvalue weighted by molar-refractivity contribution is 0.0674. The maximum absolute atomic E-state index is 5.95. The van der Waals surface area contributed by atoms with Gasteiger partial charge in [-0.1, -0.05) is 6.92 Å². The number of nitrogens with zero attached hydrogens (tertiary/aromatic N) is 3. The van der Waals surface area contributed by atoms with Crippen molar-refractivity contribution in [1.29, 1.82) is 0 Å². The Morgan fingerprint density at radius 3 is 3.00 bits per heavy atom. The van der Waals surface area contributed by atoms with E-state index in [0.717, 1.165) is 44.8 Å². The summed E-state index contributed by atoms with van der Waals surface area (Å²) in [4.78, 5) is 11.0. The molecule has 0 saturated carbocycles. The van der Waals surface area contributed by atoms with Gasteiger partial charge in [-0.05, 0) is 6.42 Å². The van der Waals surface area contributed by atoms with E-state index in [-0.39, 0.29) is 0 Å². The number of hydrogen-bond acceptors (Lipinski definition) is 4. The number of ether oxygens (including phenoxy) is 1. The first-order valence-corrected chi connectivity index (χ1v) is 7.23. The molecule has 1 fully saturated rings. The van der Waals surface area contributed by atoms with Gasteiger partial charge in [0.15, 0.2) is 5.96 Å². The van der Waals surface area contributed by atoms with E-state index >= 15 is 0 Å². The number of morpholine rings is 1. The summed E-state index contributed by atoms with van der Waals surface area (Å²) >= 11 is 1.72. The van der Waals surface area contributed by atoms with Gasteiger partial charge in [0.05, 0.1) is 23.9 Å². The number of rotatable bonds is 4. The number of aliphatic imine (C=N–C) groups is 1. The molecule has 2 heterocycles. The molecule has 0 aromatic carbocycles. The molecule has 0 amide bonds. The highest BCUT2D eigenvalue weighted by Crippen LogP contribution is 2.10. The Balaban J connectivity index is 1.79. The van der Waals surface area contributed by atoms with Crippen LogP contribution < -0.4 is 5.73 Å². The van der Waals surface area contributed by atoms with Crippen molar-refractivity contribution in [3.8, 4) is 0 Å². The van der Waals surface area contributed by atoms with Crippen molar-refractivity contribution in [1.82, 2.24) is 9.88 Å². The topological polar surface area (TPSA) is 63.7 Å². The molecule has 1 aliphatic rings. The minimum Gasteiger partial charge on any atom is -0.378 e. The van der Waals surface area contributed by atoms with Crippen molar-refractivity contribution in [3.05, 3.63) is 16.1 Å². The van der Waals surface area contributed by atoms with Crippen molar-refractivity contribution in [2.45, 2.75) is 19.8 Å². The molecule has 1 aromatic rings. The number of aryl methyl sites for hydroxylation is 1. The third-order valence-corrected chi connectivity index (χ3v) is 3.92. The van der Waals surface area contributed by atoms with Crippen LogP contribution in [0.25, 0.3) is 0 Å². The van der Waals surface area contributed by atoms with Crippen LogP contribution >= 0.6 is 11.3 Å². The quantitative estimate of drug-likeness (QED) is 0.651. The highest BCUT2D eigenvalue weighted by atomic mass is 32.1. The monoisotopic (exact) mass is 268 g/mol. The van der Waals surface area contributed by atoms with Gasteiger partial charge in [0.1, 0.15) is 0 Å². The summed E-state index contributed by atoms with van der Waals surface area (Å²) in [7, 11) is 0. The Labute approximate surface area is 112 Å². The zero-order valence-electron chi connectivity index (χ0n) is 10.8. The molecule has 2 rings (SSSR count). The SMILES string of the molecule is CCc1nc(CCN=C(N)N2CCOCC2)cs1. The molecular formula is C12H20N4OS. The fourth-order valence-electron chi connectivity index (χ4n) is 1.80. The van der Waals surface area contributed by atoms with Gasteiger partial charge >= 0.3 is 0 Å². The van der Waals surface area contributed by atoms with E-state index in [4.69, 9.17) is 10.5 Å². The van der Waals surface area contributed by atoms with Crippen LogP contribution in [0.15, 0.2) is 10.4 Å². The second-order valence-corrected chi connectivity index (χ2v) is 5.12. The highest BCUT2D eigenvalue weighted by Gasteiger charge is 2.11. The van der Waals surface area contributed by atoms with E-state index in [1.54, 1.807) is 11.3 Å². The lowest BCUT2D eigenvalue weighted by atomic mass is 10.3. The van der Waals surface area contributed by atoms with E-state index in [2.05, 4.69) is 27.2 Å². The Morgan fingerprint density at radius 2 is 2.33 bits per heavy atom. The van der Waals surface area contributed by atoms with Crippen LogP contribution in [0, 0.1) is 0 Å². The molecule has 0 radical (unpaired) electrons. The van der Waals surface area contributed by atoms with Crippen molar-refractivity contribution < 1.29 is 4.74 Å². The summed E-state index contributed by atoms with van der Waals surface area (Å²) in [6.45, 7) is 5.98. The van der Waals surface area contributed by atoms with E-state index in [1.807, 2.05) is 0 Å². The molecule has 1 saturated heterocycles. The number of thiazole rings is 1. The maximum atomic E-state index is 5.95. The van der Waals surface area contributed by atoms with Crippen LogP contribution in [0.5, 0.6) is 0 Å². The lowest BCUT2D eigenvalue weighted by Crippen LogP contribution is -2.44. The predicted octanol–water partition coefficient (Wildman–Crippen LogP) is 0.895. The van der Waals surface area contributed by atoms with Gasteiger partial charge < -0.3 is 15.4 Å². The van der Waals surface area contributed by atoms with Crippen LogP contribution in [0.3, 0.4) is 0 Å². The molecule has 0 aliphatic carbocycles. The molecule has 0 unspecified atom stereocenters. The number of guanidine groups is 1. The first kappa shape index (κ1) is 13.3. The minimum atomic E-state index is 0.629. The molecule has 18 heavy (non-hydrogen) atoms. The normalized spacial score (nSPS) is 17.2. The molecule has 6 heteroatoms. The Kier molecular flexibility index (Phi) is 4.95. The van der Waals surface area contributed by atoms with E-state index < -0.39 is 0 Å². The number of hydrogen-bond donors (Lipinski definition) is 1. The van der Waals surface area contributed by atoms with E-state index in [9.17, 15) is 0 Å². The Morgan fingerprint density at radius 1 is 1.56 bits per heavy atom. The van der Waals surface area contributed by atoms with E-state index in [1.165, 1.54) is 5.01 Å². The number of aromatic nitrogens is 1. The van der Waals surface area contributed by atoms with Crippen molar-refractivity contribution >= 4 is 17.3 Å². The number of nitrogens with two attached hydrogens (primary N) is 1. The summed E-state index contributed by atoms with van der Waals surface area (Å²) in [5.74, 6) is 0.629. The summed E-state index contributed by atoms with van der Waals surface area (Å²) in [5.41, 5.74) is 7.07. The largest absolute Gasteiger partial charge is 0.378 e. The molecule has 1 aliphatic heterocycles. The lowest BCUT2D eigenvalue weighted by Gasteiger charge is -2.27. The third-order valence-electron chi connectivity index (χ3n) is 2.88. The molecule has 0 atom stereocenters. The molecule has 0 spiro atoms. The summed E-state index contributed by atoms with van der Waals surface area (Å²) < 4.78 is 5.28. The van der Waals surface area contributed by atoms with Crippen LogP contribution in [0.1, 0.15) is 17.6 Å². The van der Waals surface area contributed by atoms with Crippen molar-refractivity contribution in [2.75, 3.05) is 32.8 Å². The molecule has 5 nitrogen and oxygen atoms in total. The van der Waals surface area contributed by atoms with Gasteiger partial charge in [0, 0.05) is 31.4 Å². The molecular weight excluding hydrogens is 248 g/mol. The Hall–Kier alpha value is -1.14. The van der Waals surface area contributed by atoms with Gasteiger partial charge in [-0.2, -0.15) is 0 Å². The van der Waals surface area contributed by atoms with Gasteiger partial charge in [0.25, 0.3) is 0 Å². The third kappa shape index (κ3) is 3.68.